The van der Waals surface area contributed by atoms with E-state index < -0.39 is 0 Å². The number of carbonyl (C=O) groups is 1. The molecule has 0 aromatic heterocycles. The van der Waals surface area contributed by atoms with Crippen molar-refractivity contribution in [1.29, 1.82) is 0 Å². The van der Waals surface area contributed by atoms with Crippen LogP contribution < -0.4 is 5.32 Å². The molecule has 0 rings (SSSR count). The molecule has 0 atom stereocenters. The zero-order valence-corrected chi connectivity index (χ0v) is 7.47. The highest BCUT2D eigenvalue weighted by atomic mass is 127. The summed E-state index contributed by atoms with van der Waals surface area (Å²) in [6.07, 6.45) is 0.455. The van der Waals surface area contributed by atoms with Crippen LogP contribution in [0.4, 0.5) is 0 Å². The molecule has 0 saturated heterocycles. The fourth-order valence-electron chi connectivity index (χ4n) is 0.406. The molecule has 3 nitrogen and oxygen atoms in total. The predicted molar refractivity (Wildman–Crippen MR) is 43.3 cm³/mol. The van der Waals surface area contributed by atoms with Gasteiger partial charge < -0.3 is 8.38 Å². The minimum absolute atomic E-state index is 0.170. The first-order valence-electron chi connectivity index (χ1n) is 2.83. The molecule has 4 heteroatoms. The van der Waals surface area contributed by atoms with Gasteiger partial charge in [-0.1, -0.05) is 6.92 Å². The summed E-state index contributed by atoms with van der Waals surface area (Å²) >= 11 is 1.59. The first-order chi connectivity index (χ1) is 4.31. The summed E-state index contributed by atoms with van der Waals surface area (Å²) < 4.78 is 4.39. The fourth-order valence-corrected chi connectivity index (χ4v) is 0.626. The molecular formula is C5H10INO2. The number of hydrogen-bond donors (Lipinski definition) is 1. The zero-order chi connectivity index (χ0) is 7.11. The minimum Gasteiger partial charge on any atom is -0.394 e. The van der Waals surface area contributed by atoms with Crippen LogP contribution in [0, 0.1) is 0 Å². The van der Waals surface area contributed by atoms with Crippen molar-refractivity contribution in [3.63, 3.8) is 0 Å². The topological polar surface area (TPSA) is 38.3 Å². The highest BCUT2D eigenvalue weighted by Gasteiger charge is 1.97. The monoisotopic (exact) mass is 243 g/mol. The van der Waals surface area contributed by atoms with Crippen LogP contribution in [0.5, 0.6) is 0 Å². The van der Waals surface area contributed by atoms with Gasteiger partial charge >= 0.3 is 5.97 Å². The summed E-state index contributed by atoms with van der Waals surface area (Å²) in [7, 11) is 0. The Hall–Kier alpha value is 0.160. The molecule has 0 aliphatic carbocycles. The fraction of sp³-hybridized carbons (Fsp3) is 0.800. The van der Waals surface area contributed by atoms with E-state index in [9.17, 15) is 4.79 Å². The molecule has 0 bridgehead atoms. The third kappa shape index (κ3) is 6.04. The number of nitrogens with one attached hydrogen (secondary N) is 1. The lowest BCUT2D eigenvalue weighted by atomic mass is 10.4. The van der Waals surface area contributed by atoms with E-state index in [2.05, 4.69) is 8.38 Å². The maximum absolute atomic E-state index is 10.4. The molecule has 54 valence electrons. The lowest BCUT2D eigenvalue weighted by Crippen LogP contribution is -2.17. The molecule has 0 aromatic carbocycles. The SMILES string of the molecule is CCNCCC(=O)OI. The van der Waals surface area contributed by atoms with Gasteiger partial charge in [-0.2, -0.15) is 0 Å². The van der Waals surface area contributed by atoms with Gasteiger partial charge in [0.15, 0.2) is 23.0 Å². The summed E-state index contributed by atoms with van der Waals surface area (Å²) in [5, 5.41) is 3.01. The zero-order valence-electron chi connectivity index (χ0n) is 5.32. The van der Waals surface area contributed by atoms with E-state index in [-0.39, 0.29) is 5.97 Å². The molecule has 0 aromatic rings. The quantitative estimate of drug-likeness (QED) is 0.588. The van der Waals surface area contributed by atoms with Gasteiger partial charge in [0, 0.05) is 6.54 Å². The first-order valence-corrected chi connectivity index (χ1v) is 3.71. The van der Waals surface area contributed by atoms with Gasteiger partial charge in [-0.15, -0.1) is 0 Å². The summed E-state index contributed by atoms with van der Waals surface area (Å²) in [6, 6.07) is 0. The summed E-state index contributed by atoms with van der Waals surface area (Å²) in [4.78, 5) is 10.4. The van der Waals surface area contributed by atoms with Crippen LogP contribution in [0.15, 0.2) is 0 Å². The van der Waals surface area contributed by atoms with Crippen molar-refractivity contribution >= 4 is 29.0 Å². The molecule has 0 aliphatic rings. The number of halogens is 1. The van der Waals surface area contributed by atoms with Crippen molar-refractivity contribution in [3.05, 3.63) is 0 Å². The largest absolute Gasteiger partial charge is 0.394 e. The van der Waals surface area contributed by atoms with Gasteiger partial charge in [0.1, 0.15) is 0 Å². The third-order valence-corrected chi connectivity index (χ3v) is 1.33. The Morgan fingerprint density at radius 2 is 2.44 bits per heavy atom. The van der Waals surface area contributed by atoms with Crippen LogP contribution in [0.2, 0.25) is 0 Å². The average molecular weight is 243 g/mol. The van der Waals surface area contributed by atoms with Crippen molar-refractivity contribution in [2.45, 2.75) is 13.3 Å². The Morgan fingerprint density at radius 1 is 1.78 bits per heavy atom. The highest BCUT2D eigenvalue weighted by Crippen LogP contribution is 1.90. The Bertz CT molecular complexity index is 87.0. The molecule has 0 amide bonds. The van der Waals surface area contributed by atoms with E-state index in [1.54, 1.807) is 23.0 Å². The van der Waals surface area contributed by atoms with Crippen LogP contribution in [0.1, 0.15) is 13.3 Å². The third-order valence-electron chi connectivity index (χ3n) is 0.842. The second kappa shape index (κ2) is 6.28. The predicted octanol–water partition coefficient (Wildman–Crippen LogP) is 0.879. The number of carbonyl (C=O) groups excluding carboxylic acids is 1. The Kier molecular flexibility index (Phi) is 6.39. The lowest BCUT2D eigenvalue weighted by Gasteiger charge is -1.96. The standard InChI is InChI=1S/C5H10INO2/c1-2-7-4-3-5(8)9-6/h7H,2-4H2,1H3. The van der Waals surface area contributed by atoms with Crippen molar-refractivity contribution < 1.29 is 7.86 Å². The molecule has 9 heavy (non-hydrogen) atoms. The smallest absolute Gasteiger partial charge is 0.316 e. The van der Waals surface area contributed by atoms with E-state index in [0.717, 1.165) is 6.54 Å². The van der Waals surface area contributed by atoms with E-state index in [1.807, 2.05) is 6.92 Å². The molecule has 0 unspecified atom stereocenters. The molecule has 0 aliphatic heterocycles. The Labute approximate surface area is 68.8 Å². The molecule has 0 radical (unpaired) electrons. The second-order valence-corrected chi connectivity index (χ2v) is 1.99. The van der Waals surface area contributed by atoms with Gasteiger partial charge in [0.05, 0.1) is 6.42 Å². The minimum atomic E-state index is -0.170. The normalized spacial score (nSPS) is 9.11. The van der Waals surface area contributed by atoms with Crippen LogP contribution in [-0.4, -0.2) is 19.1 Å². The van der Waals surface area contributed by atoms with Gasteiger partial charge in [-0.05, 0) is 6.54 Å². The summed E-state index contributed by atoms with van der Waals surface area (Å²) in [5.74, 6) is -0.170. The second-order valence-electron chi connectivity index (χ2n) is 1.55. The molecule has 0 spiro atoms. The van der Waals surface area contributed by atoms with E-state index in [0.29, 0.717) is 13.0 Å². The van der Waals surface area contributed by atoms with E-state index in [1.165, 1.54) is 0 Å². The van der Waals surface area contributed by atoms with Crippen LogP contribution in [-0.2, 0) is 7.86 Å². The van der Waals surface area contributed by atoms with Crippen LogP contribution in [0.25, 0.3) is 0 Å². The van der Waals surface area contributed by atoms with Crippen molar-refractivity contribution in [2.24, 2.45) is 0 Å². The highest BCUT2D eigenvalue weighted by molar-refractivity contribution is 14.1. The van der Waals surface area contributed by atoms with Crippen LogP contribution in [0.3, 0.4) is 0 Å². The lowest BCUT2D eigenvalue weighted by molar-refractivity contribution is -0.131. The first kappa shape index (κ1) is 9.16. The molecule has 0 fully saturated rings. The van der Waals surface area contributed by atoms with Crippen molar-refractivity contribution in [1.82, 2.24) is 5.32 Å². The number of hydrogen-bond acceptors (Lipinski definition) is 3. The number of rotatable bonds is 4. The molecular weight excluding hydrogens is 233 g/mol. The average Bonchev–Trinajstić information content (AvgIpc) is 1.89. The maximum atomic E-state index is 10.4. The van der Waals surface area contributed by atoms with E-state index in [4.69, 9.17) is 0 Å². The van der Waals surface area contributed by atoms with Crippen molar-refractivity contribution in [2.75, 3.05) is 13.1 Å². The Morgan fingerprint density at radius 3 is 2.89 bits per heavy atom. The van der Waals surface area contributed by atoms with E-state index >= 15 is 0 Å². The molecule has 0 heterocycles. The molecule has 0 saturated carbocycles. The van der Waals surface area contributed by atoms with Gasteiger partial charge in [-0.25, -0.2) is 0 Å². The summed E-state index contributed by atoms with van der Waals surface area (Å²) in [5.41, 5.74) is 0. The van der Waals surface area contributed by atoms with Gasteiger partial charge in [0.25, 0.3) is 0 Å². The van der Waals surface area contributed by atoms with Crippen LogP contribution >= 0.6 is 23.0 Å². The van der Waals surface area contributed by atoms with Gasteiger partial charge in [-0.3, -0.25) is 4.79 Å². The summed E-state index contributed by atoms with van der Waals surface area (Å²) in [6.45, 7) is 3.60. The van der Waals surface area contributed by atoms with Crippen molar-refractivity contribution in [3.8, 4) is 0 Å². The Balaban J connectivity index is 2.97. The molecule has 1 N–H and O–H groups in total. The van der Waals surface area contributed by atoms with Gasteiger partial charge in [0.2, 0.25) is 0 Å². The maximum Gasteiger partial charge on any atom is 0.316 e.